The third-order valence-corrected chi connectivity index (χ3v) is 8.60. The Balaban J connectivity index is 1.43. The van der Waals surface area contributed by atoms with Gasteiger partial charge < -0.3 is 0 Å². The first-order chi connectivity index (χ1) is 36.4. The lowest BCUT2D eigenvalue weighted by molar-refractivity contribution is 0.955. The molecule has 0 aliphatic carbocycles. The molecular weight excluding hydrogens is 629 g/mol. The van der Waals surface area contributed by atoms with E-state index in [0.717, 1.165) is 4.57 Å². The Bertz CT molecular complexity index is 4220. The minimum Gasteiger partial charge on any atom is -0.276 e. The molecule has 234 valence electrons. The van der Waals surface area contributed by atoms with Crippen LogP contribution in [-0.2, 0) is 0 Å². The minimum atomic E-state index is -1.04. The molecule has 0 bridgehead atoms. The highest BCUT2D eigenvalue weighted by Gasteiger charge is 2.21. The summed E-state index contributed by atoms with van der Waals surface area (Å²) < 4.78 is 247. The van der Waals surface area contributed by atoms with E-state index in [-0.39, 0.29) is 31.1 Å². The number of benzene rings is 7. The largest absolute Gasteiger partial charge is 0.276 e. The SMILES string of the molecule is [2H]c1c([2H])c([2H])c(-c2c([2H])c([2H])c(-c3nc(-c4c([2H])c([2H])c(-c5c([2H])c([2H])c([2H])c([2H])c5[2H])c([2H])c4[2H])nc(-n4c5c([2H])c([2H])c([2H])c([2H])c5c5c([2H])c([2H])c6c(sc7c([2H])c([2H])c([2H])c([2H])c76)c54)n3)c([2H])c2[2H])c([2H])c1[2H]. The molecule has 0 radical (unpaired) electrons. The summed E-state index contributed by atoms with van der Waals surface area (Å²) >= 11 is 0.670. The van der Waals surface area contributed by atoms with Gasteiger partial charge in [0.15, 0.2) is 11.6 Å². The molecule has 0 aliphatic rings. The Morgan fingerprint density at radius 2 is 0.880 bits per heavy atom. The van der Waals surface area contributed by atoms with Gasteiger partial charge in [0.05, 0.1) is 54.1 Å². The van der Waals surface area contributed by atoms with Crippen molar-refractivity contribution in [1.82, 2.24) is 19.5 Å². The van der Waals surface area contributed by atoms with Gasteiger partial charge in [-0.2, -0.15) is 9.97 Å². The van der Waals surface area contributed by atoms with Gasteiger partial charge in [0, 0.05) is 37.4 Å². The Labute approximate surface area is 332 Å². The van der Waals surface area contributed by atoms with E-state index >= 15 is 0 Å². The lowest BCUT2D eigenvalue weighted by Crippen LogP contribution is -2.06. The highest BCUT2D eigenvalue weighted by Crippen LogP contribution is 2.42. The fraction of sp³-hybridized carbons (Fsp3) is 0. The number of hydrogen-bond donors (Lipinski definition) is 0. The van der Waals surface area contributed by atoms with Crippen LogP contribution in [0.3, 0.4) is 0 Å². The second-order valence-corrected chi connectivity index (χ2v) is 11.3. The molecule has 0 aliphatic heterocycles. The first kappa shape index (κ1) is 12.2. The highest BCUT2D eigenvalue weighted by molar-refractivity contribution is 7.26. The summed E-state index contributed by atoms with van der Waals surface area (Å²) in [6.45, 7) is 0. The van der Waals surface area contributed by atoms with Crippen molar-refractivity contribution in [2.24, 2.45) is 0 Å². The summed E-state index contributed by atoms with van der Waals surface area (Å²) in [5, 5.41) is -1.28. The van der Waals surface area contributed by atoms with Gasteiger partial charge in [-0.05, 0) is 34.3 Å². The maximum atomic E-state index is 9.43. The lowest BCUT2D eigenvalue weighted by Gasteiger charge is -2.12. The summed E-state index contributed by atoms with van der Waals surface area (Å²) in [6.07, 6.45) is 0. The average molecular weight is 685 g/mol. The second-order valence-electron chi connectivity index (χ2n) is 10.3. The van der Waals surface area contributed by atoms with E-state index in [2.05, 4.69) is 15.0 Å². The number of thiophene rings is 1. The maximum Gasteiger partial charge on any atom is 0.238 e. The van der Waals surface area contributed by atoms with Crippen molar-refractivity contribution in [3.63, 3.8) is 0 Å². The molecule has 0 saturated heterocycles. The first-order valence-corrected chi connectivity index (χ1v) is 15.2. The van der Waals surface area contributed by atoms with Crippen LogP contribution in [0.2, 0.25) is 0 Å². The topological polar surface area (TPSA) is 43.6 Å². The van der Waals surface area contributed by atoms with Crippen molar-refractivity contribution in [2.75, 3.05) is 0 Å². The molecule has 0 fully saturated rings. The van der Waals surface area contributed by atoms with Crippen LogP contribution in [0.25, 0.3) is 93.0 Å². The molecular formula is C45H28N4S. The standard InChI is InChI=1S/C45H28N4S/c1-3-11-29(12-4-1)31-19-23-33(24-20-31)43-46-44(34-25-21-32(22-26-34)30-13-5-2-6-14-30)48-45(47-43)49-39-17-9-7-15-35(39)37-27-28-38-36-16-8-10-18-40(36)50-42(38)41(37)49/h1-28H/i1D,2D,3D,4D,5D,6D,7D,8D,9D,10D,11D,12D,13D,14D,15D,16D,17D,18D,19D,20D,21D,22D,23D,24D,25D,26D,27D,28D. The van der Waals surface area contributed by atoms with Gasteiger partial charge in [0.1, 0.15) is 0 Å². The van der Waals surface area contributed by atoms with Crippen molar-refractivity contribution in [3.8, 4) is 51.0 Å². The van der Waals surface area contributed by atoms with Gasteiger partial charge in [-0.15, -0.1) is 11.3 Å². The van der Waals surface area contributed by atoms with Crippen LogP contribution in [0, 0.1) is 0 Å². The summed E-state index contributed by atoms with van der Waals surface area (Å²) in [6, 6.07) is -24.2. The molecule has 0 saturated carbocycles. The Hall–Kier alpha value is -6.43. The zero-order chi connectivity index (χ0) is 57.4. The van der Waals surface area contributed by atoms with Crippen molar-refractivity contribution < 1.29 is 38.4 Å². The fourth-order valence-corrected chi connectivity index (χ4v) is 6.41. The molecule has 0 spiro atoms. The van der Waals surface area contributed by atoms with E-state index < -0.39 is 231 Å². The third-order valence-electron chi connectivity index (χ3n) is 7.48. The van der Waals surface area contributed by atoms with Crippen LogP contribution >= 0.6 is 11.3 Å². The minimum absolute atomic E-state index is 0.129. The van der Waals surface area contributed by atoms with Crippen LogP contribution in [0.15, 0.2) is 169 Å². The number of nitrogens with zero attached hydrogens (tertiary/aromatic N) is 4. The van der Waals surface area contributed by atoms with Gasteiger partial charge in [-0.3, -0.25) is 4.57 Å². The highest BCUT2D eigenvalue weighted by atomic mass is 32.1. The monoisotopic (exact) mass is 684 g/mol. The number of rotatable bonds is 5. The smallest absolute Gasteiger partial charge is 0.238 e. The number of fused-ring (bicyclic) bond motifs is 7. The van der Waals surface area contributed by atoms with Gasteiger partial charge in [0.2, 0.25) is 5.95 Å². The molecule has 0 atom stereocenters. The van der Waals surface area contributed by atoms with Gasteiger partial charge in [-0.25, -0.2) is 4.98 Å². The Morgan fingerprint density at radius 1 is 0.400 bits per heavy atom. The maximum absolute atomic E-state index is 9.43. The van der Waals surface area contributed by atoms with Crippen LogP contribution in [0.5, 0.6) is 0 Å². The molecule has 7 aromatic carbocycles. The van der Waals surface area contributed by atoms with Crippen molar-refractivity contribution >= 4 is 53.3 Å². The molecule has 50 heavy (non-hydrogen) atoms. The Kier molecular flexibility index (Phi) is 2.83. The summed E-state index contributed by atoms with van der Waals surface area (Å²) in [5.74, 6) is -2.65. The molecule has 10 aromatic rings. The van der Waals surface area contributed by atoms with Crippen LogP contribution in [-0.4, -0.2) is 19.5 Å². The zero-order valence-corrected chi connectivity index (χ0v) is 25.5. The zero-order valence-electron chi connectivity index (χ0n) is 52.7. The predicted molar refractivity (Wildman–Crippen MR) is 209 cm³/mol. The number of hydrogen-bond acceptors (Lipinski definition) is 4. The molecule has 4 nitrogen and oxygen atoms in total. The van der Waals surface area contributed by atoms with Crippen molar-refractivity contribution in [3.05, 3.63) is 169 Å². The van der Waals surface area contributed by atoms with Gasteiger partial charge in [0.25, 0.3) is 0 Å². The normalized spacial score (nSPS) is 19.4. The van der Waals surface area contributed by atoms with E-state index in [1.807, 2.05) is 0 Å². The molecule has 0 N–H and O–H groups in total. The number of aromatic nitrogens is 4. The average Bonchev–Trinajstić information content (AvgIpc) is 4.13. The van der Waals surface area contributed by atoms with E-state index in [0.29, 0.717) is 11.3 Å². The third kappa shape index (κ3) is 4.71. The van der Waals surface area contributed by atoms with E-state index in [1.54, 1.807) is 0 Å². The van der Waals surface area contributed by atoms with Crippen molar-refractivity contribution in [1.29, 1.82) is 0 Å². The first-order valence-electron chi connectivity index (χ1n) is 28.4. The lowest BCUT2D eigenvalue weighted by atomic mass is 10.0. The van der Waals surface area contributed by atoms with E-state index in [1.165, 1.54) is 0 Å². The molecule has 3 heterocycles. The van der Waals surface area contributed by atoms with Crippen LogP contribution in [0.1, 0.15) is 38.4 Å². The van der Waals surface area contributed by atoms with Crippen molar-refractivity contribution in [2.45, 2.75) is 0 Å². The molecule has 5 heteroatoms. The second kappa shape index (κ2) is 11.6. The number of para-hydroxylation sites is 1. The molecule has 3 aromatic heterocycles. The predicted octanol–water partition coefficient (Wildman–Crippen LogP) is 12.0. The quantitative estimate of drug-likeness (QED) is 0.181. The van der Waals surface area contributed by atoms with E-state index in [9.17, 15) is 9.60 Å². The van der Waals surface area contributed by atoms with Crippen LogP contribution < -0.4 is 0 Å². The van der Waals surface area contributed by atoms with Crippen LogP contribution in [0.4, 0.5) is 0 Å². The molecule has 0 amide bonds. The van der Waals surface area contributed by atoms with E-state index in [4.69, 9.17) is 28.8 Å². The fourth-order valence-electron chi connectivity index (χ4n) is 5.30. The van der Waals surface area contributed by atoms with Gasteiger partial charge in [-0.1, -0.05) is 157 Å². The molecule has 0 unspecified atom stereocenters. The summed E-state index contributed by atoms with van der Waals surface area (Å²) in [7, 11) is 0. The summed E-state index contributed by atoms with van der Waals surface area (Å²) in [5.41, 5.74) is -5.54. The summed E-state index contributed by atoms with van der Waals surface area (Å²) in [4.78, 5) is 13.4. The molecule has 10 rings (SSSR count). The Morgan fingerprint density at radius 3 is 1.50 bits per heavy atom. The van der Waals surface area contributed by atoms with Gasteiger partial charge >= 0.3 is 0 Å².